The topological polar surface area (TPSA) is 26.3 Å². The highest BCUT2D eigenvalue weighted by molar-refractivity contribution is 5.85. The Morgan fingerprint density at radius 1 is 1.50 bits per heavy atom. The van der Waals surface area contributed by atoms with Crippen molar-refractivity contribution in [3.63, 3.8) is 0 Å². The number of hydrogen-bond donors (Lipinski definition) is 0. The average molecular weight is 140 g/mol. The molecule has 2 heteroatoms. The van der Waals surface area contributed by atoms with Crippen molar-refractivity contribution in [3.8, 4) is 0 Å². The van der Waals surface area contributed by atoms with Crippen LogP contribution in [0.4, 0.5) is 0 Å². The molecule has 2 nitrogen and oxygen atoms in total. The standard InChI is InChI=1S/C8H12O2/c1-3-8(4-2)6-5-7(9)10-8/h5-6H,3-4H2,1-2H3. The van der Waals surface area contributed by atoms with E-state index >= 15 is 0 Å². The number of esters is 1. The Morgan fingerprint density at radius 3 is 2.30 bits per heavy atom. The van der Waals surface area contributed by atoms with Crippen LogP contribution in [0.1, 0.15) is 26.7 Å². The molecular weight excluding hydrogens is 128 g/mol. The zero-order chi connectivity index (χ0) is 7.61. The Kier molecular flexibility index (Phi) is 1.79. The highest BCUT2D eigenvalue weighted by Crippen LogP contribution is 2.26. The molecular formula is C8H12O2. The average Bonchev–Trinajstić information content (AvgIpc) is 2.33. The summed E-state index contributed by atoms with van der Waals surface area (Å²) in [5, 5.41) is 0. The number of carbonyl (C=O) groups excluding carboxylic acids is 1. The van der Waals surface area contributed by atoms with Gasteiger partial charge in [-0.2, -0.15) is 0 Å². The van der Waals surface area contributed by atoms with E-state index in [4.69, 9.17) is 4.74 Å². The van der Waals surface area contributed by atoms with E-state index in [1.54, 1.807) is 0 Å². The molecule has 0 fully saturated rings. The van der Waals surface area contributed by atoms with Gasteiger partial charge in [0.05, 0.1) is 0 Å². The Morgan fingerprint density at radius 2 is 2.10 bits per heavy atom. The third-order valence-electron chi connectivity index (χ3n) is 2.02. The number of ether oxygens (including phenoxy) is 1. The number of hydrogen-bond acceptors (Lipinski definition) is 2. The molecule has 1 rings (SSSR count). The molecule has 0 aromatic carbocycles. The van der Waals surface area contributed by atoms with Gasteiger partial charge in [-0.15, -0.1) is 0 Å². The largest absolute Gasteiger partial charge is 0.452 e. The van der Waals surface area contributed by atoms with E-state index in [0.29, 0.717) is 0 Å². The monoisotopic (exact) mass is 140 g/mol. The van der Waals surface area contributed by atoms with Gasteiger partial charge in [0, 0.05) is 6.08 Å². The quantitative estimate of drug-likeness (QED) is 0.545. The predicted octanol–water partition coefficient (Wildman–Crippen LogP) is 1.66. The summed E-state index contributed by atoms with van der Waals surface area (Å²) in [6.45, 7) is 4.04. The minimum absolute atomic E-state index is 0.205. The Labute approximate surface area is 60.9 Å². The summed E-state index contributed by atoms with van der Waals surface area (Å²) in [5.41, 5.74) is -0.281. The first-order valence-electron chi connectivity index (χ1n) is 3.64. The van der Waals surface area contributed by atoms with E-state index in [9.17, 15) is 4.79 Å². The van der Waals surface area contributed by atoms with Crippen molar-refractivity contribution in [2.75, 3.05) is 0 Å². The third-order valence-corrected chi connectivity index (χ3v) is 2.02. The minimum Gasteiger partial charge on any atom is -0.452 e. The zero-order valence-electron chi connectivity index (χ0n) is 6.39. The lowest BCUT2D eigenvalue weighted by molar-refractivity contribution is -0.146. The molecule has 1 aliphatic rings. The molecule has 0 aromatic heterocycles. The second-order valence-corrected chi connectivity index (χ2v) is 2.53. The Bertz CT molecular complexity index is 166. The maximum Gasteiger partial charge on any atom is 0.331 e. The molecule has 0 spiro atoms. The maximum absolute atomic E-state index is 10.7. The first-order valence-corrected chi connectivity index (χ1v) is 3.64. The second kappa shape index (κ2) is 2.45. The van der Waals surface area contributed by atoms with Gasteiger partial charge in [0.25, 0.3) is 0 Å². The zero-order valence-corrected chi connectivity index (χ0v) is 6.39. The fraction of sp³-hybridized carbons (Fsp3) is 0.625. The predicted molar refractivity (Wildman–Crippen MR) is 38.5 cm³/mol. The third kappa shape index (κ3) is 1.06. The van der Waals surface area contributed by atoms with Gasteiger partial charge in [0.1, 0.15) is 5.60 Å². The van der Waals surface area contributed by atoms with Gasteiger partial charge in [-0.3, -0.25) is 0 Å². The van der Waals surface area contributed by atoms with Crippen molar-refractivity contribution < 1.29 is 9.53 Å². The van der Waals surface area contributed by atoms with Crippen LogP contribution in [0.25, 0.3) is 0 Å². The van der Waals surface area contributed by atoms with Gasteiger partial charge in [-0.1, -0.05) is 13.8 Å². The minimum atomic E-state index is -0.281. The lowest BCUT2D eigenvalue weighted by Gasteiger charge is -2.22. The molecule has 10 heavy (non-hydrogen) atoms. The van der Waals surface area contributed by atoms with Gasteiger partial charge < -0.3 is 4.74 Å². The van der Waals surface area contributed by atoms with E-state index in [2.05, 4.69) is 0 Å². The van der Waals surface area contributed by atoms with Crippen LogP contribution in [0.5, 0.6) is 0 Å². The van der Waals surface area contributed by atoms with Gasteiger partial charge in [0.2, 0.25) is 0 Å². The molecule has 0 aliphatic carbocycles. The van der Waals surface area contributed by atoms with Gasteiger partial charge in [0.15, 0.2) is 0 Å². The lowest BCUT2D eigenvalue weighted by Crippen LogP contribution is -2.25. The fourth-order valence-corrected chi connectivity index (χ4v) is 1.12. The van der Waals surface area contributed by atoms with E-state index in [-0.39, 0.29) is 11.6 Å². The Hall–Kier alpha value is -0.790. The van der Waals surface area contributed by atoms with Gasteiger partial charge in [-0.25, -0.2) is 4.79 Å². The number of carbonyl (C=O) groups is 1. The highest BCUT2D eigenvalue weighted by atomic mass is 16.6. The highest BCUT2D eigenvalue weighted by Gasteiger charge is 2.31. The summed E-state index contributed by atoms with van der Waals surface area (Å²) in [4.78, 5) is 10.7. The first-order chi connectivity index (χ1) is 4.72. The number of cyclic esters (lactones) is 1. The second-order valence-electron chi connectivity index (χ2n) is 2.53. The molecule has 0 saturated heterocycles. The molecule has 0 unspecified atom stereocenters. The van der Waals surface area contributed by atoms with Crippen LogP contribution in [0.15, 0.2) is 12.2 Å². The van der Waals surface area contributed by atoms with Crippen molar-refractivity contribution >= 4 is 5.97 Å². The van der Waals surface area contributed by atoms with Crippen molar-refractivity contribution in [1.82, 2.24) is 0 Å². The fourth-order valence-electron chi connectivity index (χ4n) is 1.12. The molecule has 0 saturated carbocycles. The molecule has 0 bridgehead atoms. The molecule has 0 radical (unpaired) electrons. The summed E-state index contributed by atoms with van der Waals surface area (Å²) in [7, 11) is 0. The van der Waals surface area contributed by atoms with Crippen molar-refractivity contribution in [3.05, 3.63) is 12.2 Å². The summed E-state index contributed by atoms with van der Waals surface area (Å²) < 4.78 is 5.10. The SMILES string of the molecule is CCC1(CC)C=CC(=O)O1. The van der Waals surface area contributed by atoms with Crippen LogP contribution in [-0.2, 0) is 9.53 Å². The van der Waals surface area contributed by atoms with E-state index in [0.717, 1.165) is 12.8 Å². The molecule has 0 N–H and O–H groups in total. The van der Waals surface area contributed by atoms with Crippen molar-refractivity contribution in [2.24, 2.45) is 0 Å². The van der Waals surface area contributed by atoms with E-state index in [1.165, 1.54) is 6.08 Å². The molecule has 1 aliphatic heterocycles. The number of rotatable bonds is 2. The van der Waals surface area contributed by atoms with E-state index < -0.39 is 0 Å². The smallest absolute Gasteiger partial charge is 0.331 e. The lowest BCUT2D eigenvalue weighted by atomic mass is 9.98. The van der Waals surface area contributed by atoms with Crippen molar-refractivity contribution in [2.45, 2.75) is 32.3 Å². The summed E-state index contributed by atoms with van der Waals surface area (Å²) in [5.74, 6) is -0.205. The summed E-state index contributed by atoms with van der Waals surface area (Å²) in [6.07, 6.45) is 5.10. The van der Waals surface area contributed by atoms with Crippen LogP contribution in [0.2, 0.25) is 0 Å². The Balaban J connectivity index is 2.70. The summed E-state index contributed by atoms with van der Waals surface area (Å²) >= 11 is 0. The van der Waals surface area contributed by atoms with E-state index in [1.807, 2.05) is 19.9 Å². The van der Waals surface area contributed by atoms with Crippen LogP contribution >= 0.6 is 0 Å². The van der Waals surface area contributed by atoms with Gasteiger partial charge >= 0.3 is 5.97 Å². The normalized spacial score (nSPS) is 21.2. The maximum atomic E-state index is 10.7. The first kappa shape index (κ1) is 7.32. The molecule has 56 valence electrons. The van der Waals surface area contributed by atoms with Crippen molar-refractivity contribution in [1.29, 1.82) is 0 Å². The molecule has 0 atom stereocenters. The summed E-state index contributed by atoms with van der Waals surface area (Å²) in [6, 6.07) is 0. The van der Waals surface area contributed by atoms with Gasteiger partial charge in [-0.05, 0) is 18.9 Å². The van der Waals surface area contributed by atoms with Crippen LogP contribution < -0.4 is 0 Å². The van der Waals surface area contributed by atoms with Crippen LogP contribution in [-0.4, -0.2) is 11.6 Å². The molecule has 0 aromatic rings. The molecule has 0 amide bonds. The van der Waals surface area contributed by atoms with Crippen LogP contribution in [0, 0.1) is 0 Å². The molecule has 1 heterocycles. The van der Waals surface area contributed by atoms with Crippen LogP contribution in [0.3, 0.4) is 0 Å².